The highest BCUT2D eigenvalue weighted by molar-refractivity contribution is 7.92. The van der Waals surface area contributed by atoms with Gasteiger partial charge in [-0.1, -0.05) is 36.2 Å². The number of hydrogen-bond acceptors (Lipinski definition) is 6. The molecule has 1 heterocycles. The first-order valence-corrected chi connectivity index (χ1v) is 15.4. The summed E-state index contributed by atoms with van der Waals surface area (Å²) >= 11 is 12.4. The first-order valence-electron chi connectivity index (χ1n) is 12.8. The number of ether oxygens (including phenoxy) is 2. The van der Waals surface area contributed by atoms with Crippen molar-refractivity contribution in [1.82, 2.24) is 10.2 Å². The molecule has 12 heteroatoms. The van der Waals surface area contributed by atoms with E-state index in [4.69, 9.17) is 32.7 Å². The molecule has 1 aliphatic heterocycles. The number of carbonyl (C=O) groups is 2. The van der Waals surface area contributed by atoms with Crippen molar-refractivity contribution in [2.75, 3.05) is 30.3 Å². The van der Waals surface area contributed by atoms with E-state index in [-0.39, 0.29) is 43.8 Å². The zero-order valence-corrected chi connectivity index (χ0v) is 24.9. The number of sulfonamides is 1. The van der Waals surface area contributed by atoms with E-state index < -0.39 is 16.1 Å². The standard InChI is InChI=1S/C27H35Cl2N3O6S/c1-5-23(27(34)30-18(2)3)31(17-19-8-9-20(28)15-22(19)29)26(33)7-6-12-32(39(4,35)36)21-10-11-24-25(16-21)38-14-13-37-24/h8-11,15-16,18,23H,5-7,12-14,17H2,1-4H3,(H,30,34). The Labute approximate surface area is 240 Å². The second-order valence-electron chi connectivity index (χ2n) is 9.61. The molecule has 2 amide bonds. The molecule has 0 saturated heterocycles. The minimum atomic E-state index is -3.65. The second kappa shape index (κ2) is 13.6. The molecule has 0 spiro atoms. The van der Waals surface area contributed by atoms with Crippen LogP contribution in [0.1, 0.15) is 45.6 Å². The van der Waals surface area contributed by atoms with Crippen molar-refractivity contribution in [2.45, 2.75) is 58.7 Å². The van der Waals surface area contributed by atoms with Gasteiger partial charge >= 0.3 is 0 Å². The SMILES string of the molecule is CCC(C(=O)NC(C)C)N(Cc1ccc(Cl)cc1Cl)C(=O)CCCN(c1ccc2c(c1)OCCO2)S(C)(=O)=O. The summed E-state index contributed by atoms with van der Waals surface area (Å²) in [4.78, 5) is 28.1. The number of carbonyl (C=O) groups excluding carboxylic acids is 2. The molecule has 214 valence electrons. The predicted molar refractivity (Wildman–Crippen MR) is 153 cm³/mol. The van der Waals surface area contributed by atoms with Crippen LogP contribution in [0.15, 0.2) is 36.4 Å². The van der Waals surface area contributed by atoms with E-state index in [2.05, 4.69) is 5.32 Å². The third-order valence-corrected chi connectivity index (χ3v) is 7.92. The summed E-state index contributed by atoms with van der Waals surface area (Å²) in [6.45, 7) is 6.51. The highest BCUT2D eigenvalue weighted by Crippen LogP contribution is 2.35. The molecule has 9 nitrogen and oxygen atoms in total. The molecule has 2 aromatic carbocycles. The van der Waals surface area contributed by atoms with Gasteiger partial charge in [0.25, 0.3) is 0 Å². The largest absolute Gasteiger partial charge is 0.486 e. The Morgan fingerprint density at radius 1 is 1.05 bits per heavy atom. The molecule has 0 saturated carbocycles. The van der Waals surface area contributed by atoms with Crippen LogP contribution in [0.4, 0.5) is 5.69 Å². The highest BCUT2D eigenvalue weighted by Gasteiger charge is 2.30. The van der Waals surface area contributed by atoms with Crippen LogP contribution in [-0.2, 0) is 26.2 Å². The number of nitrogens with zero attached hydrogens (tertiary/aromatic N) is 2. The minimum Gasteiger partial charge on any atom is -0.486 e. The third kappa shape index (κ3) is 8.40. The maximum atomic E-state index is 13.5. The van der Waals surface area contributed by atoms with Crippen LogP contribution in [-0.4, -0.2) is 63.2 Å². The molecule has 1 aliphatic rings. The smallest absolute Gasteiger partial charge is 0.243 e. The average Bonchev–Trinajstić information content (AvgIpc) is 2.86. The predicted octanol–water partition coefficient (Wildman–Crippen LogP) is 4.64. The van der Waals surface area contributed by atoms with Gasteiger partial charge in [-0.2, -0.15) is 0 Å². The minimum absolute atomic E-state index is 0.0211. The van der Waals surface area contributed by atoms with Crippen molar-refractivity contribution in [2.24, 2.45) is 0 Å². The molecule has 0 fully saturated rings. The summed E-state index contributed by atoms with van der Waals surface area (Å²) in [5.74, 6) is 0.467. The highest BCUT2D eigenvalue weighted by atomic mass is 35.5. The molecule has 39 heavy (non-hydrogen) atoms. The lowest BCUT2D eigenvalue weighted by Gasteiger charge is -2.32. The summed E-state index contributed by atoms with van der Waals surface area (Å²) in [6.07, 6.45) is 1.76. The lowest BCUT2D eigenvalue weighted by Crippen LogP contribution is -2.50. The number of amides is 2. The van der Waals surface area contributed by atoms with Crippen LogP contribution in [0.5, 0.6) is 11.5 Å². The van der Waals surface area contributed by atoms with E-state index >= 15 is 0 Å². The maximum absolute atomic E-state index is 13.5. The monoisotopic (exact) mass is 599 g/mol. The van der Waals surface area contributed by atoms with Crippen LogP contribution in [0.25, 0.3) is 0 Å². The van der Waals surface area contributed by atoms with Gasteiger partial charge in [0.05, 0.1) is 11.9 Å². The molecule has 3 rings (SSSR count). The van der Waals surface area contributed by atoms with E-state index in [9.17, 15) is 18.0 Å². The van der Waals surface area contributed by atoms with Gasteiger partial charge in [-0.15, -0.1) is 0 Å². The summed E-state index contributed by atoms with van der Waals surface area (Å²) in [5.41, 5.74) is 1.07. The Kier molecular flexibility index (Phi) is 10.7. The van der Waals surface area contributed by atoms with Crippen molar-refractivity contribution >= 4 is 50.7 Å². The van der Waals surface area contributed by atoms with E-state index in [0.29, 0.717) is 52.4 Å². The van der Waals surface area contributed by atoms with Gasteiger partial charge in [-0.3, -0.25) is 13.9 Å². The molecular weight excluding hydrogens is 565 g/mol. The van der Waals surface area contributed by atoms with Gasteiger partial charge in [0, 0.05) is 41.7 Å². The third-order valence-electron chi connectivity index (χ3n) is 6.14. The Balaban J connectivity index is 1.79. The lowest BCUT2D eigenvalue weighted by molar-refractivity contribution is -0.141. The fraction of sp³-hybridized carbons (Fsp3) is 0.481. The summed E-state index contributed by atoms with van der Waals surface area (Å²) in [6, 6.07) is 9.11. The normalized spacial score (nSPS) is 13.6. The first kappa shape index (κ1) is 30.8. The van der Waals surface area contributed by atoms with Crippen LogP contribution in [0.2, 0.25) is 10.0 Å². The maximum Gasteiger partial charge on any atom is 0.243 e. The molecule has 1 unspecified atom stereocenters. The molecule has 1 atom stereocenters. The Bertz CT molecular complexity index is 1290. The quantitative estimate of drug-likeness (QED) is 0.381. The van der Waals surface area contributed by atoms with Gasteiger partial charge in [-0.25, -0.2) is 8.42 Å². The molecule has 0 radical (unpaired) electrons. The van der Waals surface area contributed by atoms with Gasteiger partial charge < -0.3 is 19.7 Å². The number of nitrogens with one attached hydrogen (secondary N) is 1. The number of fused-ring (bicyclic) bond motifs is 1. The van der Waals surface area contributed by atoms with Crippen LogP contribution in [0.3, 0.4) is 0 Å². The van der Waals surface area contributed by atoms with Crippen LogP contribution >= 0.6 is 23.2 Å². The molecule has 2 aromatic rings. The zero-order chi connectivity index (χ0) is 28.7. The van der Waals surface area contributed by atoms with Crippen molar-refractivity contribution < 1.29 is 27.5 Å². The summed E-state index contributed by atoms with van der Waals surface area (Å²) in [7, 11) is -3.65. The zero-order valence-electron chi connectivity index (χ0n) is 22.6. The van der Waals surface area contributed by atoms with Crippen molar-refractivity contribution in [1.29, 1.82) is 0 Å². The Morgan fingerprint density at radius 2 is 1.74 bits per heavy atom. The number of rotatable bonds is 12. The van der Waals surface area contributed by atoms with Gasteiger partial charge in [0.1, 0.15) is 19.3 Å². The molecule has 1 N–H and O–H groups in total. The van der Waals surface area contributed by atoms with Gasteiger partial charge in [0.2, 0.25) is 21.8 Å². The van der Waals surface area contributed by atoms with E-state index in [1.54, 1.807) is 36.4 Å². The Morgan fingerprint density at radius 3 is 2.36 bits per heavy atom. The van der Waals surface area contributed by atoms with Gasteiger partial charge in [0.15, 0.2) is 11.5 Å². The molecule has 0 aromatic heterocycles. The van der Waals surface area contributed by atoms with E-state index in [0.717, 1.165) is 6.26 Å². The number of hydrogen-bond donors (Lipinski definition) is 1. The summed E-state index contributed by atoms with van der Waals surface area (Å²) in [5, 5.41) is 3.74. The number of anilines is 1. The number of halogens is 2. The van der Waals surface area contributed by atoms with Crippen molar-refractivity contribution in [3.8, 4) is 11.5 Å². The average molecular weight is 601 g/mol. The van der Waals surface area contributed by atoms with Crippen molar-refractivity contribution in [3.63, 3.8) is 0 Å². The fourth-order valence-electron chi connectivity index (χ4n) is 4.32. The molecular formula is C27H35Cl2N3O6S. The topological polar surface area (TPSA) is 105 Å². The molecule has 0 aliphatic carbocycles. The fourth-order valence-corrected chi connectivity index (χ4v) is 5.75. The second-order valence-corrected chi connectivity index (χ2v) is 12.4. The van der Waals surface area contributed by atoms with E-state index in [1.807, 2.05) is 20.8 Å². The Hall–Kier alpha value is -2.69. The van der Waals surface area contributed by atoms with Gasteiger partial charge in [-0.05, 0) is 56.5 Å². The van der Waals surface area contributed by atoms with E-state index in [1.165, 1.54) is 9.21 Å². The van der Waals surface area contributed by atoms with Crippen LogP contribution in [0, 0.1) is 0 Å². The van der Waals surface area contributed by atoms with Crippen molar-refractivity contribution in [3.05, 3.63) is 52.0 Å². The first-order chi connectivity index (χ1) is 18.4. The molecule has 0 bridgehead atoms. The lowest BCUT2D eigenvalue weighted by atomic mass is 10.1. The number of benzene rings is 2. The summed E-state index contributed by atoms with van der Waals surface area (Å²) < 4.78 is 37.7. The van der Waals surface area contributed by atoms with Crippen LogP contribution < -0.4 is 19.1 Å².